The Hall–Kier alpha value is -0.330. The Bertz CT molecular complexity index is 191. The predicted octanol–water partition coefficient (Wildman–Crippen LogP) is 2.89. The zero-order chi connectivity index (χ0) is 9.42. The monoisotopic (exact) mass is 180 g/mol. The number of aldehydes is 1. The molecule has 74 valence electrons. The second-order valence-electron chi connectivity index (χ2n) is 5.16. The van der Waals surface area contributed by atoms with E-state index in [1.165, 1.54) is 32.0 Å². The van der Waals surface area contributed by atoms with Gasteiger partial charge in [-0.3, -0.25) is 0 Å². The Morgan fingerprint density at radius 1 is 1.23 bits per heavy atom. The van der Waals surface area contributed by atoms with Crippen molar-refractivity contribution in [2.24, 2.45) is 29.6 Å². The molecule has 0 aromatic rings. The largest absolute Gasteiger partial charge is 0.303 e. The van der Waals surface area contributed by atoms with Gasteiger partial charge in [-0.2, -0.15) is 0 Å². The first-order valence-electron chi connectivity index (χ1n) is 5.71. The van der Waals surface area contributed by atoms with Crippen LogP contribution in [0.1, 0.15) is 39.5 Å². The molecule has 0 heterocycles. The van der Waals surface area contributed by atoms with Gasteiger partial charge in [0.1, 0.15) is 6.29 Å². The molecule has 0 spiro atoms. The molecule has 13 heavy (non-hydrogen) atoms. The zero-order valence-electron chi connectivity index (χ0n) is 8.70. The highest BCUT2D eigenvalue weighted by Gasteiger charge is 2.54. The van der Waals surface area contributed by atoms with Crippen molar-refractivity contribution in [2.45, 2.75) is 39.5 Å². The number of rotatable bonds is 3. The summed E-state index contributed by atoms with van der Waals surface area (Å²) in [6, 6.07) is 0. The molecule has 0 bridgehead atoms. The maximum absolute atomic E-state index is 10.8. The van der Waals surface area contributed by atoms with Crippen molar-refractivity contribution in [1.82, 2.24) is 0 Å². The summed E-state index contributed by atoms with van der Waals surface area (Å²) in [5.74, 6) is 3.51. The van der Waals surface area contributed by atoms with Crippen LogP contribution in [-0.4, -0.2) is 6.29 Å². The van der Waals surface area contributed by atoms with E-state index in [1.807, 2.05) is 0 Å². The summed E-state index contributed by atoms with van der Waals surface area (Å²) in [7, 11) is 0. The van der Waals surface area contributed by atoms with E-state index in [0.29, 0.717) is 11.8 Å². The molecule has 2 aliphatic rings. The van der Waals surface area contributed by atoms with E-state index in [2.05, 4.69) is 13.8 Å². The first kappa shape index (κ1) is 9.23. The van der Waals surface area contributed by atoms with E-state index in [0.717, 1.165) is 17.8 Å². The maximum Gasteiger partial charge on any atom is 0.123 e. The van der Waals surface area contributed by atoms with Crippen LogP contribution >= 0.6 is 0 Å². The van der Waals surface area contributed by atoms with Crippen molar-refractivity contribution < 1.29 is 4.79 Å². The topological polar surface area (TPSA) is 17.1 Å². The number of carbonyl (C=O) groups is 1. The second-order valence-corrected chi connectivity index (χ2v) is 5.16. The predicted molar refractivity (Wildman–Crippen MR) is 53.3 cm³/mol. The molecule has 0 saturated heterocycles. The first-order chi connectivity index (χ1) is 6.25. The van der Waals surface area contributed by atoms with E-state index in [4.69, 9.17) is 0 Å². The molecule has 2 rings (SSSR count). The smallest absolute Gasteiger partial charge is 0.123 e. The lowest BCUT2D eigenvalue weighted by Crippen LogP contribution is -2.01. The molecule has 2 aliphatic carbocycles. The quantitative estimate of drug-likeness (QED) is 0.610. The summed E-state index contributed by atoms with van der Waals surface area (Å²) in [6.45, 7) is 4.52. The highest BCUT2D eigenvalue weighted by atomic mass is 16.1. The molecule has 2 fully saturated rings. The van der Waals surface area contributed by atoms with Crippen LogP contribution in [0.3, 0.4) is 0 Å². The van der Waals surface area contributed by atoms with E-state index >= 15 is 0 Å². The van der Waals surface area contributed by atoms with Crippen molar-refractivity contribution in [2.75, 3.05) is 0 Å². The van der Waals surface area contributed by atoms with Crippen LogP contribution in [0.4, 0.5) is 0 Å². The minimum atomic E-state index is 0.420. The fraction of sp³-hybridized carbons (Fsp3) is 0.917. The Balaban J connectivity index is 1.96. The lowest BCUT2D eigenvalue weighted by Gasteiger charge is -2.08. The third kappa shape index (κ3) is 1.53. The third-order valence-corrected chi connectivity index (χ3v) is 4.06. The summed E-state index contributed by atoms with van der Waals surface area (Å²) in [6.07, 6.45) is 6.79. The van der Waals surface area contributed by atoms with Gasteiger partial charge in [-0.25, -0.2) is 0 Å². The standard InChI is InChI=1S/C12H20O/c1-8(2)11-10(7-13)12(11)9-5-3-4-6-9/h7-12H,3-6H2,1-2H3/t10-,11-,12-/m1/s1. The fourth-order valence-corrected chi connectivity index (χ4v) is 3.43. The Kier molecular flexibility index (Phi) is 2.44. The van der Waals surface area contributed by atoms with Gasteiger partial charge in [0.05, 0.1) is 0 Å². The minimum Gasteiger partial charge on any atom is -0.303 e. The average Bonchev–Trinajstić information content (AvgIpc) is 2.60. The fourth-order valence-electron chi connectivity index (χ4n) is 3.43. The molecule has 1 nitrogen and oxygen atoms in total. The molecular weight excluding hydrogens is 160 g/mol. The van der Waals surface area contributed by atoms with E-state index < -0.39 is 0 Å². The van der Waals surface area contributed by atoms with E-state index in [-0.39, 0.29) is 0 Å². The number of hydrogen-bond acceptors (Lipinski definition) is 1. The molecule has 0 aromatic carbocycles. The van der Waals surface area contributed by atoms with E-state index in [9.17, 15) is 4.79 Å². The summed E-state index contributed by atoms with van der Waals surface area (Å²) in [5.41, 5.74) is 0. The average molecular weight is 180 g/mol. The molecule has 0 radical (unpaired) electrons. The third-order valence-electron chi connectivity index (χ3n) is 4.06. The highest BCUT2D eigenvalue weighted by molar-refractivity contribution is 5.59. The van der Waals surface area contributed by atoms with Gasteiger partial charge in [0.25, 0.3) is 0 Å². The summed E-state index contributed by atoms with van der Waals surface area (Å²) in [4.78, 5) is 10.8. The maximum atomic E-state index is 10.8. The second kappa shape index (κ2) is 3.43. The number of carbonyl (C=O) groups excluding carboxylic acids is 1. The molecule has 0 N–H and O–H groups in total. The number of hydrogen-bond donors (Lipinski definition) is 0. The van der Waals surface area contributed by atoms with Crippen LogP contribution in [-0.2, 0) is 4.79 Å². The van der Waals surface area contributed by atoms with Crippen molar-refractivity contribution in [1.29, 1.82) is 0 Å². The van der Waals surface area contributed by atoms with E-state index in [1.54, 1.807) is 0 Å². The SMILES string of the molecule is CC(C)[C@@H]1[C@@H](C=O)[C@H]1C1CCCC1. The molecule has 0 amide bonds. The summed E-state index contributed by atoms with van der Waals surface area (Å²) in [5, 5.41) is 0. The van der Waals surface area contributed by atoms with Crippen LogP contribution in [0.15, 0.2) is 0 Å². The molecule has 0 aliphatic heterocycles. The van der Waals surface area contributed by atoms with Crippen molar-refractivity contribution in [3.05, 3.63) is 0 Å². The molecule has 0 aromatic heterocycles. The van der Waals surface area contributed by atoms with Gasteiger partial charge in [-0.15, -0.1) is 0 Å². The lowest BCUT2D eigenvalue weighted by molar-refractivity contribution is -0.109. The Morgan fingerprint density at radius 2 is 1.85 bits per heavy atom. The van der Waals surface area contributed by atoms with Crippen LogP contribution in [0.5, 0.6) is 0 Å². The van der Waals surface area contributed by atoms with Gasteiger partial charge in [-0.1, -0.05) is 39.5 Å². The van der Waals surface area contributed by atoms with Gasteiger partial charge in [0.2, 0.25) is 0 Å². The van der Waals surface area contributed by atoms with Crippen molar-refractivity contribution in [3.63, 3.8) is 0 Å². The minimum absolute atomic E-state index is 0.420. The van der Waals surface area contributed by atoms with Crippen LogP contribution < -0.4 is 0 Å². The molecule has 3 atom stereocenters. The summed E-state index contributed by atoms with van der Waals surface area (Å²) >= 11 is 0. The first-order valence-corrected chi connectivity index (χ1v) is 5.71. The van der Waals surface area contributed by atoms with Gasteiger partial charge < -0.3 is 4.79 Å². The van der Waals surface area contributed by atoms with Gasteiger partial charge in [-0.05, 0) is 23.7 Å². The molecule has 2 saturated carbocycles. The van der Waals surface area contributed by atoms with Crippen LogP contribution in [0, 0.1) is 29.6 Å². The summed E-state index contributed by atoms with van der Waals surface area (Å²) < 4.78 is 0. The van der Waals surface area contributed by atoms with Gasteiger partial charge in [0.15, 0.2) is 0 Å². The van der Waals surface area contributed by atoms with Gasteiger partial charge in [0, 0.05) is 5.92 Å². The molecule has 1 heteroatoms. The Labute approximate surface area is 80.9 Å². The van der Waals surface area contributed by atoms with Crippen molar-refractivity contribution in [3.8, 4) is 0 Å². The zero-order valence-corrected chi connectivity index (χ0v) is 8.70. The van der Waals surface area contributed by atoms with Gasteiger partial charge >= 0.3 is 0 Å². The molecule has 0 unspecified atom stereocenters. The van der Waals surface area contributed by atoms with Crippen molar-refractivity contribution >= 4 is 6.29 Å². The normalized spacial score (nSPS) is 39.8. The van der Waals surface area contributed by atoms with Crippen LogP contribution in [0.25, 0.3) is 0 Å². The lowest BCUT2D eigenvalue weighted by atomic mass is 9.97. The van der Waals surface area contributed by atoms with Crippen LogP contribution in [0.2, 0.25) is 0 Å². The molecular formula is C12H20O. The highest BCUT2D eigenvalue weighted by Crippen LogP contribution is 2.57. The Morgan fingerprint density at radius 3 is 2.23 bits per heavy atom.